The highest BCUT2D eigenvalue weighted by Gasteiger charge is 2.19. The molecule has 0 aromatic heterocycles. The predicted molar refractivity (Wildman–Crippen MR) is 184 cm³/mol. The molecule has 0 radical (unpaired) electrons. The average Bonchev–Trinajstić information content (AvgIpc) is 2.94. The summed E-state index contributed by atoms with van der Waals surface area (Å²) in [6, 6.07) is 0. The summed E-state index contributed by atoms with van der Waals surface area (Å²) >= 11 is 0. The van der Waals surface area contributed by atoms with Gasteiger partial charge in [0.2, 0.25) is 0 Å². The third-order valence-corrected chi connectivity index (χ3v) is 8.55. The Morgan fingerprint density at radius 1 is 0.390 bits per heavy atom. The minimum Gasteiger partial charge on any atom is -0.379 e. The van der Waals surface area contributed by atoms with E-state index in [2.05, 4.69) is 35.0 Å². The van der Waals surface area contributed by atoms with E-state index in [1.165, 1.54) is 180 Å². The fourth-order valence-electron chi connectivity index (χ4n) is 5.92. The second-order valence-corrected chi connectivity index (χ2v) is 14.2. The van der Waals surface area contributed by atoms with Crippen molar-refractivity contribution in [3.8, 4) is 0 Å². The first-order valence-corrected chi connectivity index (χ1v) is 19.0. The smallest absolute Gasteiger partial charge is 0.130 e. The third kappa shape index (κ3) is 36.0. The number of ether oxygens (including phenoxy) is 2. The van der Waals surface area contributed by atoms with Crippen LogP contribution in [0, 0.1) is 0 Å². The molecule has 0 aromatic rings. The molecule has 1 atom stereocenters. The van der Waals surface area contributed by atoms with E-state index in [-0.39, 0.29) is 6.10 Å². The number of rotatable bonds is 35. The Morgan fingerprint density at radius 2 is 0.683 bits per heavy atom. The minimum absolute atomic E-state index is 0.226. The van der Waals surface area contributed by atoms with Crippen LogP contribution in [0.15, 0.2) is 0 Å². The summed E-state index contributed by atoms with van der Waals surface area (Å²) in [5.74, 6) is 0. The summed E-state index contributed by atoms with van der Waals surface area (Å²) in [6.45, 7) is 8.17. The van der Waals surface area contributed by atoms with E-state index in [1.807, 2.05) is 0 Å². The molecule has 3 nitrogen and oxygen atoms in total. The lowest BCUT2D eigenvalue weighted by molar-refractivity contribution is -0.873. The van der Waals surface area contributed by atoms with Crippen LogP contribution in [0.4, 0.5) is 0 Å². The molecule has 0 N–H and O–H groups in total. The number of quaternary nitrogens is 1. The van der Waals surface area contributed by atoms with Crippen molar-refractivity contribution in [1.82, 2.24) is 0 Å². The van der Waals surface area contributed by atoms with E-state index in [1.54, 1.807) is 0 Å². The Morgan fingerprint density at radius 3 is 1.00 bits per heavy atom. The number of likely N-dealkylation sites (N-methyl/N-ethyl adjacent to an activating group) is 1. The zero-order chi connectivity index (χ0) is 30.1. The molecule has 0 saturated carbocycles. The first kappa shape index (κ1) is 40.9. The van der Waals surface area contributed by atoms with Gasteiger partial charge in [0, 0.05) is 13.2 Å². The average molecular weight is 583 g/mol. The Kier molecular flexibility index (Phi) is 32.7. The van der Waals surface area contributed by atoms with Crippen LogP contribution in [-0.4, -0.2) is 58.1 Å². The molecule has 0 aliphatic heterocycles. The zero-order valence-electron chi connectivity index (χ0n) is 29.5. The molecule has 248 valence electrons. The van der Waals surface area contributed by atoms with Gasteiger partial charge in [-0.1, -0.05) is 181 Å². The van der Waals surface area contributed by atoms with Gasteiger partial charge in [0.1, 0.15) is 12.6 Å². The Bertz CT molecular complexity index is 475. The highest BCUT2D eigenvalue weighted by Crippen LogP contribution is 2.15. The second-order valence-electron chi connectivity index (χ2n) is 14.2. The van der Waals surface area contributed by atoms with Gasteiger partial charge in [-0.25, -0.2) is 0 Å². The van der Waals surface area contributed by atoms with Crippen molar-refractivity contribution in [3.05, 3.63) is 0 Å². The summed E-state index contributed by atoms with van der Waals surface area (Å²) in [7, 11) is 6.78. The third-order valence-electron chi connectivity index (χ3n) is 8.55. The van der Waals surface area contributed by atoms with Gasteiger partial charge in [-0.2, -0.15) is 0 Å². The Hall–Kier alpha value is -0.120. The number of hydrogen-bond acceptors (Lipinski definition) is 2. The maximum absolute atomic E-state index is 6.31. The van der Waals surface area contributed by atoms with Crippen LogP contribution < -0.4 is 0 Å². The zero-order valence-corrected chi connectivity index (χ0v) is 29.5. The van der Waals surface area contributed by atoms with Crippen molar-refractivity contribution in [2.45, 2.75) is 200 Å². The normalized spacial score (nSPS) is 12.8. The first-order valence-electron chi connectivity index (χ1n) is 19.0. The molecule has 0 spiro atoms. The van der Waals surface area contributed by atoms with E-state index in [0.29, 0.717) is 0 Å². The van der Waals surface area contributed by atoms with E-state index in [4.69, 9.17) is 9.47 Å². The van der Waals surface area contributed by atoms with Crippen LogP contribution >= 0.6 is 0 Å². The van der Waals surface area contributed by atoms with E-state index >= 15 is 0 Å². The monoisotopic (exact) mass is 583 g/mol. The number of unbranched alkanes of at least 4 members (excludes halogenated alkanes) is 26. The van der Waals surface area contributed by atoms with Gasteiger partial charge in [-0.3, -0.25) is 0 Å². The van der Waals surface area contributed by atoms with Crippen LogP contribution in [0.5, 0.6) is 0 Å². The van der Waals surface area contributed by atoms with Crippen LogP contribution in [0.25, 0.3) is 0 Å². The van der Waals surface area contributed by atoms with E-state index in [0.717, 1.165) is 30.8 Å². The quantitative estimate of drug-likeness (QED) is 0.0546. The molecule has 0 amide bonds. The molecule has 3 heteroatoms. The lowest BCUT2D eigenvalue weighted by Gasteiger charge is -2.29. The van der Waals surface area contributed by atoms with Crippen LogP contribution in [0.2, 0.25) is 0 Å². The fourth-order valence-corrected chi connectivity index (χ4v) is 5.92. The van der Waals surface area contributed by atoms with E-state index in [9.17, 15) is 0 Å². The van der Waals surface area contributed by atoms with E-state index < -0.39 is 0 Å². The van der Waals surface area contributed by atoms with Gasteiger partial charge in [-0.05, 0) is 12.8 Å². The highest BCUT2D eigenvalue weighted by atomic mass is 16.5. The lowest BCUT2D eigenvalue weighted by Crippen LogP contribution is -2.44. The first-order chi connectivity index (χ1) is 20.0. The molecule has 0 heterocycles. The van der Waals surface area contributed by atoms with Crippen molar-refractivity contribution in [1.29, 1.82) is 0 Å². The molecular weight excluding hydrogens is 502 g/mol. The standard InChI is InChI=1S/C38H80NO2/c1-6-8-10-12-14-16-18-20-22-24-26-28-30-32-34-40-37-38(36-39(3,4)5)41-35-33-31-29-27-25-23-21-19-17-15-13-11-9-7-2/h38H,6-37H2,1-5H3/q+1/t38-/m0/s1. The molecular formula is C38H80NO2+. The molecule has 0 unspecified atom stereocenters. The fraction of sp³-hybridized carbons (Fsp3) is 1.00. The molecule has 0 aliphatic carbocycles. The summed E-state index contributed by atoms with van der Waals surface area (Å²) in [4.78, 5) is 0. The largest absolute Gasteiger partial charge is 0.379 e. The minimum atomic E-state index is 0.226. The van der Waals surface area contributed by atoms with Crippen molar-refractivity contribution in [2.24, 2.45) is 0 Å². The number of hydrogen-bond donors (Lipinski definition) is 0. The summed E-state index contributed by atoms with van der Waals surface area (Å²) in [5, 5.41) is 0. The second kappa shape index (κ2) is 32.8. The predicted octanol–water partition coefficient (Wildman–Crippen LogP) is 12.1. The molecule has 0 saturated heterocycles. The molecule has 0 fully saturated rings. The van der Waals surface area contributed by atoms with Gasteiger partial charge >= 0.3 is 0 Å². The van der Waals surface area contributed by atoms with Gasteiger partial charge in [0.25, 0.3) is 0 Å². The summed E-state index contributed by atoms with van der Waals surface area (Å²) in [6.07, 6.45) is 39.5. The van der Waals surface area contributed by atoms with Gasteiger partial charge < -0.3 is 14.0 Å². The molecule has 0 aromatic carbocycles. The highest BCUT2D eigenvalue weighted by molar-refractivity contribution is 4.57. The van der Waals surface area contributed by atoms with Crippen LogP contribution in [0.3, 0.4) is 0 Å². The van der Waals surface area contributed by atoms with Crippen LogP contribution in [-0.2, 0) is 9.47 Å². The maximum atomic E-state index is 6.31. The molecule has 41 heavy (non-hydrogen) atoms. The summed E-state index contributed by atoms with van der Waals surface area (Å²) < 4.78 is 13.3. The Balaban J connectivity index is 3.57. The summed E-state index contributed by atoms with van der Waals surface area (Å²) in [5.41, 5.74) is 0. The van der Waals surface area contributed by atoms with Crippen molar-refractivity contribution in [2.75, 3.05) is 47.5 Å². The SMILES string of the molecule is CCCCCCCCCCCCCCCCOC[C@H](C[N+](C)(C)C)OCCCCCCCCCCCCCCCC. The molecule has 0 rings (SSSR count). The molecule has 0 aliphatic rings. The topological polar surface area (TPSA) is 18.5 Å². The lowest BCUT2D eigenvalue weighted by atomic mass is 10.0. The van der Waals surface area contributed by atoms with Crippen molar-refractivity contribution >= 4 is 0 Å². The van der Waals surface area contributed by atoms with Crippen molar-refractivity contribution in [3.63, 3.8) is 0 Å². The molecule has 0 bridgehead atoms. The van der Waals surface area contributed by atoms with Gasteiger partial charge in [-0.15, -0.1) is 0 Å². The Labute approximate surface area is 260 Å². The van der Waals surface area contributed by atoms with Crippen molar-refractivity contribution < 1.29 is 14.0 Å². The van der Waals surface area contributed by atoms with Gasteiger partial charge in [0.15, 0.2) is 0 Å². The maximum Gasteiger partial charge on any atom is 0.130 e. The van der Waals surface area contributed by atoms with Gasteiger partial charge in [0.05, 0.1) is 27.7 Å². The van der Waals surface area contributed by atoms with Crippen LogP contribution in [0.1, 0.15) is 194 Å². The number of nitrogens with zero attached hydrogens (tertiary/aromatic N) is 1.